The SMILES string of the molecule is Nc1cc(Cl)ccc1C(=O)OCc1cc(=O)oc2ccc3ccccc3c12. The minimum atomic E-state index is -0.592. The van der Waals surface area contributed by atoms with Gasteiger partial charge in [0.15, 0.2) is 0 Å². The Morgan fingerprint density at radius 1 is 1.07 bits per heavy atom. The average Bonchev–Trinajstić information content (AvgIpc) is 2.65. The maximum Gasteiger partial charge on any atom is 0.340 e. The van der Waals surface area contributed by atoms with Gasteiger partial charge in [-0.3, -0.25) is 0 Å². The van der Waals surface area contributed by atoms with E-state index in [1.807, 2.05) is 30.3 Å². The molecule has 6 heteroatoms. The molecule has 0 spiro atoms. The Labute approximate surface area is 158 Å². The second-order valence-electron chi connectivity index (χ2n) is 6.06. The van der Waals surface area contributed by atoms with Crippen LogP contribution in [0, 0.1) is 0 Å². The lowest BCUT2D eigenvalue weighted by molar-refractivity contribution is 0.0475. The van der Waals surface area contributed by atoms with Crippen LogP contribution in [0.4, 0.5) is 5.69 Å². The number of nitrogen functional groups attached to an aromatic ring is 1. The topological polar surface area (TPSA) is 82.5 Å². The van der Waals surface area contributed by atoms with Gasteiger partial charge >= 0.3 is 11.6 Å². The van der Waals surface area contributed by atoms with E-state index in [2.05, 4.69) is 0 Å². The highest BCUT2D eigenvalue weighted by Crippen LogP contribution is 2.28. The molecule has 0 fully saturated rings. The Bertz CT molecular complexity index is 1250. The first kappa shape index (κ1) is 17.1. The Hall–Kier alpha value is -3.31. The van der Waals surface area contributed by atoms with Crippen LogP contribution in [-0.2, 0) is 11.3 Å². The molecule has 0 unspecified atom stereocenters. The smallest absolute Gasteiger partial charge is 0.340 e. The summed E-state index contributed by atoms with van der Waals surface area (Å²) in [7, 11) is 0. The number of nitrogens with two attached hydrogens (primary N) is 1. The summed E-state index contributed by atoms with van der Waals surface area (Å²) < 4.78 is 10.7. The van der Waals surface area contributed by atoms with E-state index in [1.54, 1.807) is 12.1 Å². The summed E-state index contributed by atoms with van der Waals surface area (Å²) >= 11 is 5.86. The number of esters is 1. The Morgan fingerprint density at radius 3 is 2.70 bits per heavy atom. The minimum absolute atomic E-state index is 0.0863. The standard InChI is InChI=1S/C21H14ClNO4/c22-14-6-7-16(17(23)10-14)21(25)26-11-13-9-19(24)27-18-8-5-12-3-1-2-4-15(12)20(13)18/h1-10H,11,23H2. The van der Waals surface area contributed by atoms with Crippen LogP contribution in [0.2, 0.25) is 5.02 Å². The van der Waals surface area contributed by atoms with Crippen molar-refractivity contribution in [2.75, 3.05) is 5.73 Å². The van der Waals surface area contributed by atoms with Gasteiger partial charge in [-0.2, -0.15) is 0 Å². The lowest BCUT2D eigenvalue weighted by Gasteiger charge is -2.10. The maximum atomic E-state index is 12.4. The van der Waals surface area contributed by atoms with E-state index in [-0.39, 0.29) is 17.9 Å². The minimum Gasteiger partial charge on any atom is -0.457 e. The highest BCUT2D eigenvalue weighted by molar-refractivity contribution is 6.31. The Morgan fingerprint density at radius 2 is 1.89 bits per heavy atom. The van der Waals surface area contributed by atoms with Crippen molar-refractivity contribution in [3.8, 4) is 0 Å². The molecule has 134 valence electrons. The highest BCUT2D eigenvalue weighted by Gasteiger charge is 2.15. The molecule has 4 aromatic rings. The van der Waals surface area contributed by atoms with Crippen LogP contribution >= 0.6 is 11.6 Å². The van der Waals surface area contributed by atoms with Crippen LogP contribution < -0.4 is 11.4 Å². The number of rotatable bonds is 3. The number of anilines is 1. The van der Waals surface area contributed by atoms with Crippen LogP contribution in [0.25, 0.3) is 21.7 Å². The van der Waals surface area contributed by atoms with E-state index in [1.165, 1.54) is 18.2 Å². The molecule has 3 aromatic carbocycles. The summed E-state index contributed by atoms with van der Waals surface area (Å²) in [4.78, 5) is 24.3. The molecule has 1 aromatic heterocycles. The van der Waals surface area contributed by atoms with E-state index >= 15 is 0 Å². The maximum absolute atomic E-state index is 12.4. The van der Waals surface area contributed by atoms with Gasteiger partial charge in [-0.15, -0.1) is 0 Å². The molecule has 0 aliphatic rings. The second kappa shape index (κ2) is 6.78. The van der Waals surface area contributed by atoms with Gasteiger partial charge in [-0.1, -0.05) is 41.9 Å². The zero-order valence-corrected chi connectivity index (χ0v) is 14.8. The number of hydrogen-bond donors (Lipinski definition) is 1. The highest BCUT2D eigenvalue weighted by atomic mass is 35.5. The van der Waals surface area contributed by atoms with Crippen LogP contribution in [0.15, 0.2) is 69.9 Å². The van der Waals surface area contributed by atoms with Gasteiger partial charge in [0.2, 0.25) is 0 Å². The van der Waals surface area contributed by atoms with Gasteiger partial charge in [-0.05, 0) is 35.0 Å². The van der Waals surface area contributed by atoms with Crippen molar-refractivity contribution in [2.45, 2.75) is 6.61 Å². The molecule has 27 heavy (non-hydrogen) atoms. The molecule has 0 radical (unpaired) electrons. The normalized spacial score (nSPS) is 11.0. The van der Waals surface area contributed by atoms with E-state index in [0.29, 0.717) is 16.2 Å². The molecule has 0 saturated carbocycles. The Kier molecular flexibility index (Phi) is 4.30. The van der Waals surface area contributed by atoms with Gasteiger partial charge in [-0.25, -0.2) is 9.59 Å². The molecule has 0 saturated heterocycles. The first-order valence-electron chi connectivity index (χ1n) is 8.19. The first-order chi connectivity index (χ1) is 13.0. The van der Waals surface area contributed by atoms with Gasteiger partial charge in [0.1, 0.15) is 12.2 Å². The fraction of sp³-hybridized carbons (Fsp3) is 0.0476. The lowest BCUT2D eigenvalue weighted by Crippen LogP contribution is -2.10. The quantitative estimate of drug-likeness (QED) is 0.244. The molecule has 5 nitrogen and oxygen atoms in total. The molecule has 0 aliphatic heterocycles. The van der Waals surface area contributed by atoms with Crippen molar-refractivity contribution in [1.82, 2.24) is 0 Å². The monoisotopic (exact) mass is 379 g/mol. The molecular formula is C21H14ClNO4. The summed E-state index contributed by atoms with van der Waals surface area (Å²) in [5.74, 6) is -0.592. The summed E-state index contributed by atoms with van der Waals surface area (Å²) in [5, 5.41) is 3.08. The predicted molar refractivity (Wildman–Crippen MR) is 105 cm³/mol. The molecular weight excluding hydrogens is 366 g/mol. The molecule has 0 amide bonds. The third-order valence-corrected chi connectivity index (χ3v) is 4.54. The van der Waals surface area contributed by atoms with Crippen molar-refractivity contribution < 1.29 is 13.9 Å². The zero-order chi connectivity index (χ0) is 19.0. The number of carbonyl (C=O) groups is 1. The third-order valence-electron chi connectivity index (χ3n) is 4.31. The molecule has 0 atom stereocenters. The summed E-state index contributed by atoms with van der Waals surface area (Å²) in [6.45, 7) is -0.0863. The number of ether oxygens (including phenoxy) is 1. The Balaban J connectivity index is 1.74. The predicted octanol–water partition coefficient (Wildman–Crippen LogP) is 4.54. The van der Waals surface area contributed by atoms with Crippen LogP contribution in [-0.4, -0.2) is 5.97 Å². The number of hydrogen-bond acceptors (Lipinski definition) is 5. The average molecular weight is 380 g/mol. The molecule has 1 heterocycles. The van der Waals surface area contributed by atoms with Crippen molar-refractivity contribution >= 4 is 45.0 Å². The van der Waals surface area contributed by atoms with Crippen LogP contribution in [0.3, 0.4) is 0 Å². The third kappa shape index (κ3) is 3.25. The molecule has 4 rings (SSSR count). The van der Waals surface area contributed by atoms with Gasteiger partial charge in [0.25, 0.3) is 0 Å². The van der Waals surface area contributed by atoms with Gasteiger partial charge in [0.05, 0.1) is 5.56 Å². The first-order valence-corrected chi connectivity index (χ1v) is 8.57. The number of carbonyl (C=O) groups excluding carboxylic acids is 1. The van der Waals surface area contributed by atoms with Crippen LogP contribution in [0.5, 0.6) is 0 Å². The number of fused-ring (bicyclic) bond motifs is 3. The summed E-state index contributed by atoms with van der Waals surface area (Å²) in [5.41, 5.74) is 6.79. The van der Waals surface area contributed by atoms with Crippen molar-refractivity contribution in [3.63, 3.8) is 0 Å². The largest absolute Gasteiger partial charge is 0.457 e. The van der Waals surface area contributed by atoms with Gasteiger partial charge < -0.3 is 14.9 Å². The van der Waals surface area contributed by atoms with Crippen LogP contribution in [0.1, 0.15) is 15.9 Å². The van der Waals surface area contributed by atoms with Gasteiger partial charge in [0, 0.05) is 27.7 Å². The lowest BCUT2D eigenvalue weighted by atomic mass is 10.0. The molecule has 2 N–H and O–H groups in total. The summed E-state index contributed by atoms with van der Waals surface area (Å²) in [6.07, 6.45) is 0. The molecule has 0 aliphatic carbocycles. The van der Waals surface area contributed by atoms with E-state index < -0.39 is 11.6 Å². The number of benzene rings is 3. The van der Waals surface area contributed by atoms with Crippen molar-refractivity contribution in [2.24, 2.45) is 0 Å². The van der Waals surface area contributed by atoms with E-state index in [4.69, 9.17) is 26.5 Å². The number of halogens is 1. The fourth-order valence-electron chi connectivity index (χ4n) is 3.07. The summed E-state index contributed by atoms with van der Waals surface area (Å²) in [6, 6.07) is 17.2. The molecule has 0 bridgehead atoms. The second-order valence-corrected chi connectivity index (χ2v) is 6.49. The van der Waals surface area contributed by atoms with E-state index in [0.717, 1.165) is 16.2 Å². The fourth-order valence-corrected chi connectivity index (χ4v) is 3.25. The van der Waals surface area contributed by atoms with Crippen molar-refractivity contribution in [3.05, 3.63) is 87.2 Å². The van der Waals surface area contributed by atoms with E-state index in [9.17, 15) is 9.59 Å². The zero-order valence-electron chi connectivity index (χ0n) is 14.1. The van der Waals surface area contributed by atoms with Crippen molar-refractivity contribution in [1.29, 1.82) is 0 Å².